The Morgan fingerprint density at radius 1 is 1.06 bits per heavy atom. The number of benzene rings is 2. The van der Waals surface area contributed by atoms with Crippen LogP contribution in [0.4, 0.5) is 24.7 Å². The van der Waals surface area contributed by atoms with Gasteiger partial charge in [-0.1, -0.05) is 0 Å². The zero-order chi connectivity index (χ0) is 34.3. The summed E-state index contributed by atoms with van der Waals surface area (Å²) < 4.78 is 60.1. The number of pyridine rings is 1. The molecule has 1 saturated heterocycles. The number of rotatable bonds is 9. The Bertz CT molecular complexity index is 1660. The van der Waals surface area contributed by atoms with Crippen LogP contribution in [0, 0.1) is 10.1 Å². The lowest BCUT2D eigenvalue weighted by atomic mass is 10.1. The molecule has 254 valence electrons. The molecule has 0 spiro atoms. The van der Waals surface area contributed by atoms with E-state index in [2.05, 4.69) is 19.6 Å². The fourth-order valence-electron chi connectivity index (χ4n) is 5.08. The second-order valence-electron chi connectivity index (χ2n) is 11.1. The summed E-state index contributed by atoms with van der Waals surface area (Å²) >= 11 is 0. The van der Waals surface area contributed by atoms with Crippen LogP contribution in [-0.4, -0.2) is 63.1 Å². The van der Waals surface area contributed by atoms with Gasteiger partial charge in [-0.3, -0.25) is 19.8 Å². The Balaban J connectivity index is 0.000000387. The van der Waals surface area contributed by atoms with Gasteiger partial charge in [-0.2, -0.15) is 0 Å². The third kappa shape index (κ3) is 9.03. The smallest absolute Gasteiger partial charge is 0.490 e. The van der Waals surface area contributed by atoms with Gasteiger partial charge >= 0.3 is 18.2 Å². The summed E-state index contributed by atoms with van der Waals surface area (Å²) in [5, 5.41) is 10.9. The van der Waals surface area contributed by atoms with Crippen molar-refractivity contribution in [3.8, 4) is 23.3 Å². The summed E-state index contributed by atoms with van der Waals surface area (Å²) in [6, 6.07) is 16.5. The number of hydrogen-bond acceptors (Lipinski definition) is 11. The summed E-state index contributed by atoms with van der Waals surface area (Å²) in [6.07, 6.45) is 1.19. The highest BCUT2D eigenvalue weighted by atomic mass is 19.4. The normalized spacial score (nSPS) is 17.3. The number of nitro groups is 1. The monoisotopic (exact) mass is 671 g/mol. The first kappa shape index (κ1) is 33.8. The van der Waals surface area contributed by atoms with Crippen LogP contribution in [0.15, 0.2) is 79.3 Å². The van der Waals surface area contributed by atoms with E-state index in [1.807, 2.05) is 36.6 Å². The number of carbonyl (C=O) groups is 1. The average molecular weight is 672 g/mol. The number of halogens is 3. The average Bonchev–Trinajstić information content (AvgIpc) is 3.61. The largest absolute Gasteiger partial charge is 0.573 e. The minimum Gasteiger partial charge on any atom is -0.490 e. The van der Waals surface area contributed by atoms with Crippen molar-refractivity contribution >= 4 is 17.4 Å². The minimum absolute atomic E-state index is 0.0356. The second kappa shape index (κ2) is 14.5. The van der Waals surface area contributed by atoms with Gasteiger partial charge in [-0.05, 0) is 72.5 Å². The number of imidazole rings is 1. The highest BCUT2D eigenvalue weighted by Crippen LogP contribution is 2.32. The molecule has 4 heterocycles. The number of nitrogens with two attached hydrogens (primary N) is 1. The number of nitrogen functional groups attached to an aromatic ring is 1. The highest BCUT2D eigenvalue weighted by molar-refractivity contribution is 5.93. The molecule has 0 saturated carbocycles. The van der Waals surface area contributed by atoms with Gasteiger partial charge in [0.15, 0.2) is 5.60 Å². The standard InChI is InChI=1S/C25H25F3N4O6.C6H7N3O/c1-24(15-31-14-22(32(33)34)29-23(31)38-24)16-35-18-4-2-17(3-5-18)30-12-10-20(11-13-30)36-19-6-8-21(9-7-19)37-25(26,27)28;7-9-6(10)5-1-3-8-4-2-5/h2-9,14,20H,10-13,15-16H2,1H3;1-4H,7H2,(H,9,10)/t24-;/m1./s1. The van der Waals surface area contributed by atoms with Crippen LogP contribution in [0.25, 0.3) is 0 Å². The van der Waals surface area contributed by atoms with Crippen LogP contribution in [-0.2, 0) is 6.54 Å². The van der Waals surface area contributed by atoms with E-state index in [-0.39, 0.29) is 36.2 Å². The molecule has 0 bridgehead atoms. The van der Waals surface area contributed by atoms with Crippen molar-refractivity contribution in [3.63, 3.8) is 0 Å². The van der Waals surface area contributed by atoms with Crippen molar-refractivity contribution in [2.75, 3.05) is 24.6 Å². The van der Waals surface area contributed by atoms with Gasteiger partial charge in [0, 0.05) is 54.6 Å². The van der Waals surface area contributed by atoms with Crippen LogP contribution in [0.3, 0.4) is 0 Å². The van der Waals surface area contributed by atoms with Crippen molar-refractivity contribution in [2.24, 2.45) is 5.84 Å². The van der Waals surface area contributed by atoms with Gasteiger partial charge in [-0.15, -0.1) is 13.2 Å². The van der Waals surface area contributed by atoms with Gasteiger partial charge in [0.25, 0.3) is 5.91 Å². The molecule has 0 unspecified atom stereocenters. The van der Waals surface area contributed by atoms with E-state index in [0.717, 1.165) is 31.6 Å². The van der Waals surface area contributed by atoms with E-state index in [1.54, 1.807) is 16.7 Å². The lowest BCUT2D eigenvalue weighted by Crippen LogP contribution is -2.38. The van der Waals surface area contributed by atoms with Crippen molar-refractivity contribution in [1.82, 2.24) is 20.0 Å². The number of fused-ring (bicyclic) bond motifs is 1. The molecular formula is C31H32F3N7O7. The van der Waals surface area contributed by atoms with Gasteiger partial charge in [0.1, 0.15) is 36.2 Å². The number of anilines is 1. The Morgan fingerprint density at radius 3 is 2.27 bits per heavy atom. The van der Waals surface area contributed by atoms with Crippen LogP contribution in [0.5, 0.6) is 23.3 Å². The van der Waals surface area contributed by atoms with Crippen LogP contribution < -0.4 is 35.1 Å². The SMILES string of the molecule is C[C@]1(COc2ccc(N3CCC(Oc4ccc(OC(F)(F)F)cc4)CC3)cc2)Cn2cc([N+](=O)[O-])nc2O1.NNC(=O)c1ccncc1. The van der Waals surface area contributed by atoms with Gasteiger partial charge in [0.2, 0.25) is 0 Å². The predicted octanol–water partition coefficient (Wildman–Crippen LogP) is 4.65. The van der Waals surface area contributed by atoms with Crippen molar-refractivity contribution < 1.29 is 41.8 Å². The fourth-order valence-corrected chi connectivity index (χ4v) is 5.08. The van der Waals surface area contributed by atoms with Crippen molar-refractivity contribution in [2.45, 2.75) is 44.4 Å². The zero-order valence-corrected chi connectivity index (χ0v) is 25.6. The van der Waals surface area contributed by atoms with Crippen LogP contribution in [0.1, 0.15) is 30.1 Å². The van der Waals surface area contributed by atoms with E-state index in [9.17, 15) is 28.1 Å². The second-order valence-corrected chi connectivity index (χ2v) is 11.1. The van der Waals surface area contributed by atoms with Crippen molar-refractivity contribution in [3.05, 3.63) is 94.9 Å². The molecule has 2 aliphatic rings. The summed E-state index contributed by atoms with van der Waals surface area (Å²) in [6.45, 7) is 4.03. The third-order valence-electron chi connectivity index (χ3n) is 7.38. The number of alkyl halides is 3. The summed E-state index contributed by atoms with van der Waals surface area (Å²) in [7, 11) is 0. The van der Waals surface area contributed by atoms with E-state index in [4.69, 9.17) is 20.1 Å². The number of ether oxygens (including phenoxy) is 4. The molecule has 1 fully saturated rings. The molecule has 4 aromatic rings. The summed E-state index contributed by atoms with van der Waals surface area (Å²) in [5.74, 6) is 5.22. The number of aromatic nitrogens is 3. The Morgan fingerprint density at radius 2 is 1.69 bits per heavy atom. The number of hydrazine groups is 1. The first-order valence-corrected chi connectivity index (χ1v) is 14.7. The quantitative estimate of drug-likeness (QED) is 0.110. The van der Waals surface area contributed by atoms with E-state index >= 15 is 0 Å². The summed E-state index contributed by atoms with van der Waals surface area (Å²) in [5.41, 5.74) is 2.88. The molecule has 2 aromatic heterocycles. The fraction of sp³-hybridized carbons (Fsp3) is 0.323. The molecule has 0 aliphatic carbocycles. The maximum atomic E-state index is 12.3. The number of piperidine rings is 1. The number of amides is 1. The highest BCUT2D eigenvalue weighted by Gasteiger charge is 2.41. The van der Waals surface area contributed by atoms with Crippen LogP contribution >= 0.6 is 0 Å². The Hall–Kier alpha value is -5.58. The molecular weight excluding hydrogens is 639 g/mol. The maximum absolute atomic E-state index is 12.3. The van der Waals surface area contributed by atoms with E-state index in [0.29, 0.717) is 23.6 Å². The first-order chi connectivity index (χ1) is 22.9. The maximum Gasteiger partial charge on any atom is 0.573 e. The van der Waals surface area contributed by atoms with Gasteiger partial charge in [0.05, 0.1) is 6.54 Å². The third-order valence-corrected chi connectivity index (χ3v) is 7.38. The van der Waals surface area contributed by atoms with Crippen molar-refractivity contribution in [1.29, 1.82) is 0 Å². The number of nitrogens with zero attached hydrogens (tertiary/aromatic N) is 5. The predicted molar refractivity (Wildman–Crippen MR) is 165 cm³/mol. The zero-order valence-electron chi connectivity index (χ0n) is 25.6. The molecule has 48 heavy (non-hydrogen) atoms. The first-order valence-electron chi connectivity index (χ1n) is 14.7. The molecule has 17 heteroatoms. The molecule has 0 radical (unpaired) electrons. The van der Waals surface area contributed by atoms with Crippen LogP contribution in [0.2, 0.25) is 0 Å². The summed E-state index contributed by atoms with van der Waals surface area (Å²) in [4.78, 5) is 30.9. The van der Waals surface area contributed by atoms with Gasteiger partial charge in [-0.25, -0.2) is 5.84 Å². The van der Waals surface area contributed by atoms with E-state index < -0.39 is 16.9 Å². The molecule has 2 aromatic carbocycles. The molecule has 2 aliphatic heterocycles. The molecule has 3 N–H and O–H groups in total. The topological polar surface area (TPSA) is 169 Å². The van der Waals surface area contributed by atoms with Gasteiger partial charge < -0.3 is 34.0 Å². The van der Waals surface area contributed by atoms with E-state index in [1.165, 1.54) is 42.9 Å². The number of nitrogens with one attached hydrogen (secondary N) is 1. The molecule has 1 atom stereocenters. The minimum atomic E-state index is -4.72. The lowest BCUT2D eigenvalue weighted by Gasteiger charge is -2.33. The molecule has 6 rings (SSSR count). The molecule has 14 nitrogen and oxygen atoms in total. The Kier molecular flexibility index (Phi) is 10.2. The number of carbonyl (C=O) groups excluding carboxylic acids is 1. The number of hydrogen-bond donors (Lipinski definition) is 2. The molecule has 1 amide bonds. The Labute approximate surface area is 272 Å². The lowest BCUT2D eigenvalue weighted by molar-refractivity contribution is -0.389.